The third-order valence-corrected chi connectivity index (χ3v) is 3.60. The van der Waals surface area contributed by atoms with Crippen molar-refractivity contribution in [1.29, 1.82) is 0 Å². The van der Waals surface area contributed by atoms with Crippen LogP contribution in [0.5, 0.6) is 0 Å². The Morgan fingerprint density at radius 1 is 1.21 bits per heavy atom. The Bertz CT molecular complexity index is 594. The van der Waals surface area contributed by atoms with Gasteiger partial charge in [0.15, 0.2) is 0 Å². The second-order valence-electron chi connectivity index (χ2n) is 4.24. The van der Waals surface area contributed by atoms with Crippen LogP contribution in [-0.4, -0.2) is 5.91 Å². The highest BCUT2D eigenvalue weighted by molar-refractivity contribution is 9.10. The molecule has 1 amide bonds. The first-order valence-electron chi connectivity index (χ1n) is 6.05. The van der Waals surface area contributed by atoms with E-state index in [4.69, 9.17) is 5.73 Å². The molecule has 0 unspecified atom stereocenters. The van der Waals surface area contributed by atoms with Crippen LogP contribution in [0.1, 0.15) is 22.8 Å². The van der Waals surface area contributed by atoms with Crippen LogP contribution in [0.15, 0.2) is 46.9 Å². The molecule has 0 aliphatic heterocycles. The molecule has 0 aromatic heterocycles. The molecule has 2 rings (SSSR count). The van der Waals surface area contributed by atoms with Crippen molar-refractivity contribution in [1.82, 2.24) is 0 Å². The fraction of sp³-hybridized carbons (Fsp3) is 0.133. The van der Waals surface area contributed by atoms with E-state index in [1.54, 1.807) is 12.1 Å². The zero-order valence-corrected chi connectivity index (χ0v) is 12.2. The lowest BCUT2D eigenvalue weighted by Crippen LogP contribution is -2.12. The number of rotatable bonds is 3. The van der Waals surface area contributed by atoms with Crippen molar-refractivity contribution in [2.45, 2.75) is 13.3 Å². The summed E-state index contributed by atoms with van der Waals surface area (Å²) in [4.78, 5) is 12.0. The fourth-order valence-electron chi connectivity index (χ4n) is 1.72. The predicted octanol–water partition coefficient (Wildman–Crippen LogP) is 3.85. The molecule has 98 valence electrons. The highest BCUT2D eigenvalue weighted by Gasteiger charge is 2.06. The van der Waals surface area contributed by atoms with E-state index in [2.05, 4.69) is 28.2 Å². The summed E-state index contributed by atoms with van der Waals surface area (Å²) >= 11 is 3.32. The SMILES string of the molecule is CCc1ccc(C(=O)Nc2ccc(Br)c(N)c2)cc1. The molecule has 0 aliphatic rings. The lowest BCUT2D eigenvalue weighted by atomic mass is 10.1. The molecule has 0 heterocycles. The highest BCUT2D eigenvalue weighted by Crippen LogP contribution is 2.23. The van der Waals surface area contributed by atoms with Gasteiger partial charge in [0.2, 0.25) is 0 Å². The van der Waals surface area contributed by atoms with Gasteiger partial charge in [0.05, 0.1) is 0 Å². The van der Waals surface area contributed by atoms with Gasteiger partial charge in [-0.15, -0.1) is 0 Å². The van der Waals surface area contributed by atoms with Crippen molar-refractivity contribution in [3.63, 3.8) is 0 Å². The van der Waals surface area contributed by atoms with Gasteiger partial charge in [-0.25, -0.2) is 0 Å². The molecule has 19 heavy (non-hydrogen) atoms. The molecule has 0 radical (unpaired) electrons. The van der Waals surface area contributed by atoms with Gasteiger partial charge in [-0.05, 0) is 58.2 Å². The van der Waals surface area contributed by atoms with Crippen LogP contribution in [0, 0.1) is 0 Å². The molecule has 0 bridgehead atoms. The Labute approximate surface area is 121 Å². The van der Waals surface area contributed by atoms with Gasteiger partial charge in [-0.3, -0.25) is 4.79 Å². The summed E-state index contributed by atoms with van der Waals surface area (Å²) in [6.45, 7) is 2.08. The topological polar surface area (TPSA) is 55.1 Å². The smallest absolute Gasteiger partial charge is 0.255 e. The van der Waals surface area contributed by atoms with E-state index in [1.165, 1.54) is 5.56 Å². The summed E-state index contributed by atoms with van der Waals surface area (Å²) in [5, 5.41) is 2.82. The molecule has 0 saturated carbocycles. The number of halogens is 1. The van der Waals surface area contributed by atoms with Crippen LogP contribution in [0.2, 0.25) is 0 Å². The van der Waals surface area contributed by atoms with Gasteiger partial charge in [-0.2, -0.15) is 0 Å². The molecule has 0 aliphatic carbocycles. The Balaban J connectivity index is 2.13. The second kappa shape index (κ2) is 5.89. The lowest BCUT2D eigenvalue weighted by Gasteiger charge is -2.07. The van der Waals surface area contributed by atoms with E-state index in [-0.39, 0.29) is 5.91 Å². The minimum absolute atomic E-state index is 0.135. The van der Waals surface area contributed by atoms with E-state index < -0.39 is 0 Å². The van der Waals surface area contributed by atoms with Crippen molar-refractivity contribution < 1.29 is 4.79 Å². The molecule has 0 spiro atoms. The number of anilines is 2. The van der Waals surface area contributed by atoms with E-state index in [1.807, 2.05) is 30.3 Å². The standard InChI is InChI=1S/C15H15BrN2O/c1-2-10-3-5-11(6-4-10)15(19)18-12-7-8-13(16)14(17)9-12/h3-9H,2,17H2,1H3,(H,18,19). The van der Waals surface area contributed by atoms with Crippen LogP contribution in [-0.2, 0) is 6.42 Å². The highest BCUT2D eigenvalue weighted by atomic mass is 79.9. The Morgan fingerprint density at radius 3 is 2.47 bits per heavy atom. The maximum absolute atomic E-state index is 12.0. The molecule has 2 aromatic carbocycles. The number of aryl methyl sites for hydroxylation is 1. The van der Waals surface area contributed by atoms with Gasteiger partial charge in [0.25, 0.3) is 5.91 Å². The minimum Gasteiger partial charge on any atom is -0.398 e. The van der Waals surface area contributed by atoms with E-state index >= 15 is 0 Å². The van der Waals surface area contributed by atoms with Crippen molar-refractivity contribution in [3.05, 3.63) is 58.1 Å². The zero-order valence-electron chi connectivity index (χ0n) is 10.6. The van der Waals surface area contributed by atoms with Crippen molar-refractivity contribution >= 4 is 33.2 Å². The maximum atomic E-state index is 12.0. The summed E-state index contributed by atoms with van der Waals surface area (Å²) in [6.07, 6.45) is 0.963. The average molecular weight is 319 g/mol. The third-order valence-electron chi connectivity index (χ3n) is 2.88. The minimum atomic E-state index is -0.135. The molecule has 4 heteroatoms. The zero-order chi connectivity index (χ0) is 13.8. The summed E-state index contributed by atoms with van der Waals surface area (Å²) in [5.41, 5.74) is 8.91. The summed E-state index contributed by atoms with van der Waals surface area (Å²) in [7, 11) is 0. The molecule has 3 N–H and O–H groups in total. The normalized spacial score (nSPS) is 10.2. The van der Waals surface area contributed by atoms with Crippen LogP contribution in [0.25, 0.3) is 0 Å². The van der Waals surface area contributed by atoms with Crippen LogP contribution in [0.3, 0.4) is 0 Å². The Morgan fingerprint density at radius 2 is 1.89 bits per heavy atom. The van der Waals surface area contributed by atoms with Crippen LogP contribution >= 0.6 is 15.9 Å². The molecule has 3 nitrogen and oxygen atoms in total. The van der Waals surface area contributed by atoms with Gasteiger partial charge >= 0.3 is 0 Å². The quantitative estimate of drug-likeness (QED) is 0.845. The molecular formula is C15H15BrN2O. The number of carbonyl (C=O) groups is 1. The Hall–Kier alpha value is -1.81. The van der Waals surface area contributed by atoms with E-state index in [0.717, 1.165) is 10.9 Å². The number of nitrogens with one attached hydrogen (secondary N) is 1. The first-order chi connectivity index (χ1) is 9.10. The number of hydrogen-bond acceptors (Lipinski definition) is 2. The van der Waals surface area contributed by atoms with Crippen molar-refractivity contribution in [2.24, 2.45) is 0 Å². The molecule has 2 aromatic rings. The van der Waals surface area contributed by atoms with Gasteiger partial charge in [0, 0.05) is 21.4 Å². The number of amides is 1. The number of nitrogen functional groups attached to an aromatic ring is 1. The van der Waals surface area contributed by atoms with Crippen LogP contribution < -0.4 is 11.1 Å². The summed E-state index contributed by atoms with van der Waals surface area (Å²) in [5.74, 6) is -0.135. The summed E-state index contributed by atoms with van der Waals surface area (Å²) < 4.78 is 0.817. The van der Waals surface area contributed by atoms with Crippen LogP contribution in [0.4, 0.5) is 11.4 Å². The van der Waals surface area contributed by atoms with E-state index in [0.29, 0.717) is 16.9 Å². The van der Waals surface area contributed by atoms with Crippen molar-refractivity contribution in [2.75, 3.05) is 11.1 Å². The largest absolute Gasteiger partial charge is 0.398 e. The second-order valence-corrected chi connectivity index (χ2v) is 5.10. The monoisotopic (exact) mass is 318 g/mol. The van der Waals surface area contributed by atoms with E-state index in [9.17, 15) is 4.79 Å². The number of carbonyl (C=O) groups excluding carboxylic acids is 1. The number of hydrogen-bond donors (Lipinski definition) is 2. The first-order valence-corrected chi connectivity index (χ1v) is 6.84. The number of benzene rings is 2. The van der Waals surface area contributed by atoms with Gasteiger partial charge in [-0.1, -0.05) is 19.1 Å². The maximum Gasteiger partial charge on any atom is 0.255 e. The molecular weight excluding hydrogens is 304 g/mol. The van der Waals surface area contributed by atoms with Crippen molar-refractivity contribution in [3.8, 4) is 0 Å². The first kappa shape index (κ1) is 13.6. The van der Waals surface area contributed by atoms with Gasteiger partial charge in [0.1, 0.15) is 0 Å². The predicted molar refractivity (Wildman–Crippen MR) is 82.3 cm³/mol. The Kier molecular flexibility index (Phi) is 4.22. The van der Waals surface area contributed by atoms with Gasteiger partial charge < -0.3 is 11.1 Å². The molecule has 0 saturated heterocycles. The number of nitrogens with two attached hydrogens (primary N) is 1. The molecule has 0 atom stereocenters. The lowest BCUT2D eigenvalue weighted by molar-refractivity contribution is 0.102. The summed E-state index contributed by atoms with van der Waals surface area (Å²) in [6, 6.07) is 12.9. The average Bonchev–Trinajstić information content (AvgIpc) is 2.43. The fourth-order valence-corrected chi connectivity index (χ4v) is 1.96. The third kappa shape index (κ3) is 3.35. The molecule has 0 fully saturated rings.